The molecule has 0 aliphatic heterocycles. The number of aromatic nitrogens is 3. The summed E-state index contributed by atoms with van der Waals surface area (Å²) in [4.78, 5) is 33.1. The predicted molar refractivity (Wildman–Crippen MR) is 129 cm³/mol. The summed E-state index contributed by atoms with van der Waals surface area (Å²) in [6.07, 6.45) is 8.41. The van der Waals surface area contributed by atoms with Crippen molar-refractivity contribution < 1.29 is 23.8 Å². The smallest absolute Gasteiger partial charge is 0.302 e. The van der Waals surface area contributed by atoms with Crippen molar-refractivity contribution in [3.05, 3.63) is 66.4 Å². The van der Waals surface area contributed by atoms with E-state index in [0.29, 0.717) is 48.7 Å². The van der Waals surface area contributed by atoms with Crippen LogP contribution in [0.1, 0.15) is 54.9 Å². The number of pyridine rings is 1. The van der Waals surface area contributed by atoms with Crippen LogP contribution in [0.25, 0.3) is 5.82 Å². The van der Waals surface area contributed by atoms with Gasteiger partial charge in [-0.05, 0) is 56.0 Å². The van der Waals surface area contributed by atoms with E-state index in [9.17, 15) is 9.59 Å². The van der Waals surface area contributed by atoms with Crippen molar-refractivity contribution in [1.82, 2.24) is 19.9 Å². The van der Waals surface area contributed by atoms with Crippen LogP contribution in [0, 0.1) is 0 Å². The first kappa shape index (κ1) is 24.3. The van der Waals surface area contributed by atoms with E-state index in [1.807, 2.05) is 25.1 Å². The van der Waals surface area contributed by atoms with Gasteiger partial charge < -0.3 is 19.5 Å². The molecule has 2 heterocycles. The van der Waals surface area contributed by atoms with Crippen molar-refractivity contribution in [2.45, 2.75) is 51.2 Å². The van der Waals surface area contributed by atoms with Crippen LogP contribution in [0.3, 0.4) is 0 Å². The van der Waals surface area contributed by atoms with E-state index >= 15 is 0 Å². The fraction of sp³-hybridized carbons (Fsp3) is 0.385. The zero-order valence-electron chi connectivity index (χ0n) is 20.1. The third-order valence-corrected chi connectivity index (χ3v) is 6.15. The lowest BCUT2D eigenvalue weighted by molar-refractivity contribution is -0.148. The quantitative estimate of drug-likeness (QED) is 0.493. The highest BCUT2D eigenvalue weighted by Crippen LogP contribution is 2.38. The number of benzene rings is 1. The molecule has 184 valence electrons. The zero-order chi connectivity index (χ0) is 24.8. The maximum Gasteiger partial charge on any atom is 0.302 e. The number of nitrogens with zero attached hydrogens (tertiary/aromatic N) is 3. The lowest BCUT2D eigenvalue weighted by atomic mass is 9.78. The monoisotopic (exact) mass is 478 g/mol. The van der Waals surface area contributed by atoms with Crippen LogP contribution in [-0.2, 0) is 9.53 Å². The highest BCUT2D eigenvalue weighted by Gasteiger charge is 2.34. The third kappa shape index (κ3) is 5.79. The second kappa shape index (κ2) is 11.0. The number of nitrogens with one attached hydrogen (secondary N) is 1. The van der Waals surface area contributed by atoms with E-state index in [4.69, 9.17) is 14.2 Å². The first-order valence-electron chi connectivity index (χ1n) is 11.7. The summed E-state index contributed by atoms with van der Waals surface area (Å²) in [7, 11) is 1.60. The van der Waals surface area contributed by atoms with Gasteiger partial charge in [0.25, 0.3) is 5.91 Å². The van der Waals surface area contributed by atoms with E-state index in [-0.39, 0.29) is 29.9 Å². The van der Waals surface area contributed by atoms with Crippen molar-refractivity contribution in [1.29, 1.82) is 0 Å². The number of amides is 1. The molecule has 1 fully saturated rings. The molecule has 35 heavy (non-hydrogen) atoms. The van der Waals surface area contributed by atoms with Gasteiger partial charge in [0.2, 0.25) is 0 Å². The number of hydrogen-bond acceptors (Lipinski definition) is 7. The number of methoxy groups -OCH3 is 1. The van der Waals surface area contributed by atoms with Crippen LogP contribution in [0.2, 0.25) is 0 Å². The Morgan fingerprint density at radius 3 is 2.69 bits per heavy atom. The molecule has 3 atom stereocenters. The normalized spacial score (nSPS) is 19.6. The topological polar surface area (TPSA) is 105 Å². The summed E-state index contributed by atoms with van der Waals surface area (Å²) in [5.41, 5.74) is 1.46. The van der Waals surface area contributed by atoms with Gasteiger partial charge in [0.15, 0.2) is 11.5 Å². The molecule has 0 spiro atoms. The second-order valence-corrected chi connectivity index (χ2v) is 8.45. The average Bonchev–Trinajstić information content (AvgIpc) is 3.40. The number of carbonyl (C=O) groups excluding carboxylic acids is 2. The lowest BCUT2D eigenvalue weighted by Gasteiger charge is -2.36. The summed E-state index contributed by atoms with van der Waals surface area (Å²) in [5, 5.41) is 3.18. The van der Waals surface area contributed by atoms with Gasteiger partial charge in [-0.15, -0.1) is 0 Å². The van der Waals surface area contributed by atoms with Crippen molar-refractivity contribution in [2.75, 3.05) is 13.7 Å². The molecule has 0 bridgehead atoms. The molecule has 4 rings (SSSR count). The fourth-order valence-electron chi connectivity index (χ4n) is 4.53. The largest absolute Gasteiger partial charge is 0.493 e. The van der Waals surface area contributed by atoms with Crippen LogP contribution >= 0.6 is 0 Å². The van der Waals surface area contributed by atoms with Crippen molar-refractivity contribution in [3.8, 4) is 17.3 Å². The third-order valence-electron chi connectivity index (χ3n) is 6.15. The molecule has 1 aliphatic rings. The molecule has 1 saturated carbocycles. The van der Waals surface area contributed by atoms with Crippen LogP contribution in [-0.4, -0.2) is 52.3 Å². The molecule has 1 N–H and O–H groups in total. The number of ether oxygens (including phenoxy) is 3. The first-order valence-corrected chi connectivity index (χ1v) is 11.7. The number of carbonyl (C=O) groups is 2. The van der Waals surface area contributed by atoms with Gasteiger partial charge in [-0.2, -0.15) is 0 Å². The summed E-state index contributed by atoms with van der Waals surface area (Å²) < 4.78 is 18.5. The van der Waals surface area contributed by atoms with Gasteiger partial charge >= 0.3 is 5.97 Å². The molecular weight excluding hydrogens is 448 g/mol. The molecular formula is C26H30N4O5. The standard InChI is InChI=1S/C26H30N4O5/c1-4-34-24-13-18(5-9-23(24)33-3)21-14-20(35-17(2)31)7-8-22(21)29-26(32)19-6-10-25(28-15-19)30-12-11-27-16-30/h5-6,9-13,15-16,20-22H,4,7-8,14H2,1-3H3,(H,29,32)/t20-,21-,22-/m1/s1. The van der Waals surface area contributed by atoms with Crippen molar-refractivity contribution >= 4 is 11.9 Å². The Morgan fingerprint density at radius 2 is 2.03 bits per heavy atom. The molecule has 3 aromatic rings. The van der Waals surface area contributed by atoms with Gasteiger partial charge in [-0.25, -0.2) is 9.97 Å². The fourth-order valence-corrected chi connectivity index (χ4v) is 4.53. The molecule has 9 nitrogen and oxygen atoms in total. The molecule has 9 heteroatoms. The minimum atomic E-state index is -0.301. The minimum absolute atomic E-state index is 0.0691. The Hall–Kier alpha value is -3.88. The maximum atomic E-state index is 13.1. The summed E-state index contributed by atoms with van der Waals surface area (Å²) >= 11 is 0. The summed E-state index contributed by atoms with van der Waals surface area (Å²) in [5.74, 6) is 1.40. The van der Waals surface area contributed by atoms with Crippen LogP contribution in [0.5, 0.6) is 11.5 Å². The van der Waals surface area contributed by atoms with Gasteiger partial charge in [-0.3, -0.25) is 14.2 Å². The average molecular weight is 479 g/mol. The number of esters is 1. The van der Waals surface area contributed by atoms with Crippen LogP contribution in [0.4, 0.5) is 0 Å². The van der Waals surface area contributed by atoms with E-state index in [1.165, 1.54) is 6.92 Å². The second-order valence-electron chi connectivity index (χ2n) is 8.45. The van der Waals surface area contributed by atoms with E-state index in [1.54, 1.807) is 48.7 Å². The Bertz CT molecular complexity index is 1150. The molecule has 1 aliphatic carbocycles. The highest BCUT2D eigenvalue weighted by molar-refractivity contribution is 5.94. The van der Waals surface area contributed by atoms with Crippen LogP contribution in [0.15, 0.2) is 55.2 Å². The molecule has 1 amide bonds. The molecule has 2 aromatic heterocycles. The Labute approximate surface area is 204 Å². The first-order chi connectivity index (χ1) is 17.0. The molecule has 0 saturated heterocycles. The molecule has 1 aromatic carbocycles. The Balaban J connectivity index is 1.55. The van der Waals surface area contributed by atoms with E-state index in [2.05, 4.69) is 15.3 Å². The summed E-state index contributed by atoms with van der Waals surface area (Å²) in [6.45, 7) is 3.84. The van der Waals surface area contributed by atoms with Crippen molar-refractivity contribution in [3.63, 3.8) is 0 Å². The Morgan fingerprint density at radius 1 is 1.17 bits per heavy atom. The Kier molecular flexibility index (Phi) is 7.64. The molecule has 0 radical (unpaired) electrons. The van der Waals surface area contributed by atoms with Crippen molar-refractivity contribution in [2.24, 2.45) is 0 Å². The number of hydrogen-bond donors (Lipinski definition) is 1. The summed E-state index contributed by atoms with van der Waals surface area (Å²) in [6, 6.07) is 9.17. The van der Waals surface area contributed by atoms with E-state index < -0.39 is 0 Å². The number of imidazole rings is 1. The molecule has 0 unspecified atom stereocenters. The zero-order valence-corrected chi connectivity index (χ0v) is 20.1. The predicted octanol–water partition coefficient (Wildman–Crippen LogP) is 3.67. The SMILES string of the molecule is CCOc1cc([C@H]2C[C@H](OC(C)=O)CC[C@H]2NC(=O)c2ccc(-n3ccnc3)nc2)ccc1OC. The maximum absolute atomic E-state index is 13.1. The van der Waals surface area contributed by atoms with E-state index in [0.717, 1.165) is 5.56 Å². The van der Waals surface area contributed by atoms with Gasteiger partial charge in [0.1, 0.15) is 18.2 Å². The van der Waals surface area contributed by atoms with Crippen LogP contribution < -0.4 is 14.8 Å². The van der Waals surface area contributed by atoms with Gasteiger partial charge in [0.05, 0.1) is 19.3 Å². The number of rotatable bonds is 8. The minimum Gasteiger partial charge on any atom is -0.493 e. The van der Waals surface area contributed by atoms with Gasteiger partial charge in [-0.1, -0.05) is 6.07 Å². The lowest BCUT2D eigenvalue weighted by Crippen LogP contribution is -2.44. The highest BCUT2D eigenvalue weighted by atomic mass is 16.5. The van der Waals surface area contributed by atoms with Gasteiger partial charge in [0, 0.05) is 37.5 Å².